The van der Waals surface area contributed by atoms with Crippen LogP contribution in [0.25, 0.3) is 5.57 Å². The number of hydrogen-bond acceptors (Lipinski definition) is 1. The quantitative estimate of drug-likeness (QED) is 0.722. The monoisotopic (exact) mass is 254 g/mol. The maximum absolute atomic E-state index is 12.4. The lowest BCUT2D eigenvalue weighted by atomic mass is 9.88. The van der Waals surface area contributed by atoms with E-state index < -0.39 is 11.7 Å². The van der Waals surface area contributed by atoms with Crippen molar-refractivity contribution >= 4 is 11.9 Å². The average Bonchev–Trinajstić information content (AvgIpc) is 2.38. The van der Waals surface area contributed by atoms with E-state index >= 15 is 0 Å². The Morgan fingerprint density at radius 2 is 1.61 bits per heavy atom. The van der Waals surface area contributed by atoms with Gasteiger partial charge in [0.25, 0.3) is 0 Å². The summed E-state index contributed by atoms with van der Waals surface area (Å²) in [6.07, 6.45) is -0.0513. The van der Waals surface area contributed by atoms with E-state index in [1.54, 1.807) is 0 Å². The van der Waals surface area contributed by atoms with Crippen molar-refractivity contribution in [3.8, 4) is 0 Å². The molecular formula is C14H13F3O. The SMILES string of the molecule is O=CC1=C(c2ccc(C(F)(F)F)cc2)CCCC1. The molecule has 0 aliphatic heterocycles. The highest BCUT2D eigenvalue weighted by Gasteiger charge is 2.30. The van der Waals surface area contributed by atoms with Crippen LogP contribution in [-0.4, -0.2) is 6.29 Å². The van der Waals surface area contributed by atoms with Gasteiger partial charge in [0.15, 0.2) is 0 Å². The summed E-state index contributed by atoms with van der Waals surface area (Å²) in [6, 6.07) is 5.04. The molecule has 0 heterocycles. The third kappa shape index (κ3) is 2.63. The van der Waals surface area contributed by atoms with Crippen molar-refractivity contribution in [3.63, 3.8) is 0 Å². The smallest absolute Gasteiger partial charge is 0.298 e. The zero-order valence-corrected chi connectivity index (χ0v) is 9.76. The molecule has 0 atom stereocenters. The number of allylic oxidation sites excluding steroid dienone is 2. The molecule has 0 unspecified atom stereocenters. The molecule has 0 saturated heterocycles. The first-order chi connectivity index (χ1) is 8.52. The normalized spacial score (nSPS) is 16.8. The van der Waals surface area contributed by atoms with Gasteiger partial charge in [0.2, 0.25) is 0 Å². The molecule has 0 fully saturated rings. The number of halogens is 3. The van der Waals surface area contributed by atoms with Crippen molar-refractivity contribution in [2.24, 2.45) is 0 Å². The van der Waals surface area contributed by atoms with Gasteiger partial charge in [0, 0.05) is 0 Å². The Kier molecular flexibility index (Phi) is 3.55. The van der Waals surface area contributed by atoms with Gasteiger partial charge in [-0.1, -0.05) is 12.1 Å². The summed E-state index contributed by atoms with van der Waals surface area (Å²) >= 11 is 0. The molecule has 0 aromatic heterocycles. The number of alkyl halides is 3. The molecule has 0 bridgehead atoms. The van der Waals surface area contributed by atoms with Crippen molar-refractivity contribution < 1.29 is 18.0 Å². The van der Waals surface area contributed by atoms with Crippen LogP contribution in [0.2, 0.25) is 0 Å². The van der Waals surface area contributed by atoms with Crippen molar-refractivity contribution in [2.45, 2.75) is 31.9 Å². The number of carbonyl (C=O) groups is 1. The van der Waals surface area contributed by atoms with Crippen molar-refractivity contribution in [1.82, 2.24) is 0 Å². The van der Waals surface area contributed by atoms with E-state index in [2.05, 4.69) is 0 Å². The molecule has 0 amide bonds. The van der Waals surface area contributed by atoms with Gasteiger partial charge in [-0.2, -0.15) is 13.2 Å². The summed E-state index contributed by atoms with van der Waals surface area (Å²) < 4.78 is 37.3. The Labute approximate surface area is 103 Å². The molecule has 0 N–H and O–H groups in total. The van der Waals surface area contributed by atoms with Crippen molar-refractivity contribution in [3.05, 3.63) is 41.0 Å². The van der Waals surface area contributed by atoms with E-state index in [1.165, 1.54) is 12.1 Å². The molecule has 0 spiro atoms. The lowest BCUT2D eigenvalue weighted by Crippen LogP contribution is -2.05. The third-order valence-corrected chi connectivity index (χ3v) is 3.21. The summed E-state index contributed by atoms with van der Waals surface area (Å²) in [5.41, 5.74) is 1.69. The average molecular weight is 254 g/mol. The summed E-state index contributed by atoms with van der Waals surface area (Å²) in [6.45, 7) is 0. The largest absolute Gasteiger partial charge is 0.416 e. The second-order valence-electron chi connectivity index (χ2n) is 4.40. The van der Waals surface area contributed by atoms with E-state index in [9.17, 15) is 18.0 Å². The van der Waals surface area contributed by atoms with Crippen LogP contribution >= 0.6 is 0 Å². The summed E-state index contributed by atoms with van der Waals surface area (Å²) in [5.74, 6) is 0. The number of benzene rings is 1. The number of rotatable bonds is 2. The van der Waals surface area contributed by atoms with Gasteiger partial charge >= 0.3 is 6.18 Å². The Morgan fingerprint density at radius 3 is 2.17 bits per heavy atom. The Morgan fingerprint density at radius 1 is 1.00 bits per heavy atom. The Bertz CT molecular complexity index is 469. The van der Waals surface area contributed by atoms with Gasteiger partial charge in [0.1, 0.15) is 6.29 Å². The minimum absolute atomic E-state index is 0.657. The standard InChI is InChI=1S/C14H13F3O/c15-14(16,17)12-7-5-10(6-8-12)13-4-2-1-3-11(13)9-18/h5-9H,1-4H2. The second-order valence-corrected chi connectivity index (χ2v) is 4.40. The summed E-state index contributed by atoms with van der Waals surface area (Å²) in [4.78, 5) is 10.9. The molecule has 1 aromatic carbocycles. The molecule has 96 valence electrons. The highest BCUT2D eigenvalue weighted by molar-refractivity contribution is 5.88. The van der Waals surface area contributed by atoms with Gasteiger partial charge in [-0.05, 0) is 54.5 Å². The number of hydrogen-bond donors (Lipinski definition) is 0. The van der Waals surface area contributed by atoms with Crippen LogP contribution in [0.4, 0.5) is 13.2 Å². The second kappa shape index (κ2) is 4.96. The molecule has 18 heavy (non-hydrogen) atoms. The molecule has 1 aliphatic carbocycles. The van der Waals surface area contributed by atoms with Crippen LogP contribution < -0.4 is 0 Å². The first-order valence-electron chi connectivity index (χ1n) is 5.87. The van der Waals surface area contributed by atoms with E-state index in [0.717, 1.165) is 60.8 Å². The molecular weight excluding hydrogens is 241 g/mol. The van der Waals surface area contributed by atoms with Crippen molar-refractivity contribution in [1.29, 1.82) is 0 Å². The predicted molar refractivity (Wildman–Crippen MR) is 62.9 cm³/mol. The molecule has 2 rings (SSSR count). The molecule has 1 nitrogen and oxygen atoms in total. The third-order valence-electron chi connectivity index (χ3n) is 3.21. The predicted octanol–water partition coefficient (Wildman–Crippen LogP) is 4.23. The fourth-order valence-corrected chi connectivity index (χ4v) is 2.25. The van der Waals surface area contributed by atoms with Crippen LogP contribution in [-0.2, 0) is 11.0 Å². The van der Waals surface area contributed by atoms with E-state index in [-0.39, 0.29) is 0 Å². The first-order valence-corrected chi connectivity index (χ1v) is 5.87. The minimum atomic E-state index is -4.31. The Hall–Kier alpha value is -1.58. The van der Waals surface area contributed by atoms with Crippen molar-refractivity contribution in [2.75, 3.05) is 0 Å². The first kappa shape index (κ1) is 12.9. The zero-order chi connectivity index (χ0) is 13.2. The summed E-state index contributed by atoms with van der Waals surface area (Å²) in [5, 5.41) is 0. The van der Waals surface area contributed by atoms with Gasteiger partial charge in [0.05, 0.1) is 5.56 Å². The van der Waals surface area contributed by atoms with Crippen LogP contribution in [0.1, 0.15) is 36.8 Å². The van der Waals surface area contributed by atoms with Crippen LogP contribution in [0, 0.1) is 0 Å². The van der Waals surface area contributed by atoms with Crippen LogP contribution in [0.3, 0.4) is 0 Å². The number of aldehydes is 1. The zero-order valence-electron chi connectivity index (χ0n) is 9.76. The fraction of sp³-hybridized carbons (Fsp3) is 0.357. The van der Waals surface area contributed by atoms with E-state index in [4.69, 9.17) is 0 Å². The fourth-order valence-electron chi connectivity index (χ4n) is 2.25. The molecule has 1 aromatic rings. The maximum Gasteiger partial charge on any atom is 0.416 e. The number of carbonyl (C=O) groups excluding carboxylic acids is 1. The van der Waals surface area contributed by atoms with Crippen LogP contribution in [0.15, 0.2) is 29.8 Å². The molecule has 0 radical (unpaired) electrons. The molecule has 4 heteroatoms. The Balaban J connectivity index is 2.34. The lowest BCUT2D eigenvalue weighted by molar-refractivity contribution is -0.137. The lowest BCUT2D eigenvalue weighted by Gasteiger charge is -2.17. The highest BCUT2D eigenvalue weighted by Crippen LogP contribution is 2.34. The molecule has 0 saturated carbocycles. The van der Waals surface area contributed by atoms with Gasteiger partial charge < -0.3 is 0 Å². The molecule has 1 aliphatic rings. The topological polar surface area (TPSA) is 17.1 Å². The van der Waals surface area contributed by atoms with Gasteiger partial charge in [-0.3, -0.25) is 4.79 Å². The van der Waals surface area contributed by atoms with Crippen LogP contribution in [0.5, 0.6) is 0 Å². The summed E-state index contributed by atoms with van der Waals surface area (Å²) in [7, 11) is 0. The minimum Gasteiger partial charge on any atom is -0.298 e. The highest BCUT2D eigenvalue weighted by atomic mass is 19.4. The maximum atomic E-state index is 12.4. The van der Waals surface area contributed by atoms with Gasteiger partial charge in [-0.25, -0.2) is 0 Å². The van der Waals surface area contributed by atoms with E-state index in [0.29, 0.717) is 0 Å². The van der Waals surface area contributed by atoms with Gasteiger partial charge in [-0.15, -0.1) is 0 Å². The van der Waals surface area contributed by atoms with E-state index in [1.807, 2.05) is 0 Å².